The molecule has 0 rings (SSSR count). The summed E-state index contributed by atoms with van der Waals surface area (Å²) in [6.07, 6.45) is -4.31. The van der Waals surface area contributed by atoms with Crippen molar-refractivity contribution in [1.29, 1.82) is 0 Å². The summed E-state index contributed by atoms with van der Waals surface area (Å²) >= 11 is 0. The Bertz CT molecular complexity index is 336. The molecule has 0 saturated heterocycles. The first-order valence-electron chi connectivity index (χ1n) is 10.3. The highest BCUT2D eigenvalue weighted by molar-refractivity contribution is 4.91. The van der Waals surface area contributed by atoms with Gasteiger partial charge in [0.25, 0.3) is 0 Å². The Morgan fingerprint density at radius 2 is 0.621 bits per heavy atom. The maximum absolute atomic E-state index is 11.1. The molecule has 0 radical (unpaired) electrons. The summed E-state index contributed by atoms with van der Waals surface area (Å²) in [7, 11) is 0. The van der Waals surface area contributed by atoms with E-state index in [9.17, 15) is 10.2 Å². The Morgan fingerprint density at radius 3 is 0.793 bits per heavy atom. The van der Waals surface area contributed by atoms with E-state index in [1.165, 1.54) is 0 Å². The molecule has 0 aromatic rings. The number of hydrogen-bond donors (Lipinski definition) is 10. The summed E-state index contributed by atoms with van der Waals surface area (Å²) in [6.45, 7) is 0. The number of hydrogen-bond acceptors (Lipinski definition) is 10. The van der Waals surface area contributed by atoms with Crippen molar-refractivity contribution < 1.29 is 51.1 Å². The topological polar surface area (TPSA) is 202 Å². The molecule has 0 atom stereocenters. The molecule has 0 spiro atoms. The zero-order valence-corrected chi connectivity index (χ0v) is 17.0. The van der Waals surface area contributed by atoms with E-state index in [1.54, 1.807) is 0 Å². The quantitative estimate of drug-likeness (QED) is 0.118. The molecule has 10 N–H and O–H groups in total. The molecular weight excluding hydrogens is 388 g/mol. The molecule has 29 heavy (non-hydrogen) atoms. The van der Waals surface area contributed by atoms with E-state index >= 15 is 0 Å². The zero-order chi connectivity index (χ0) is 22.5. The lowest BCUT2D eigenvalue weighted by Crippen LogP contribution is -2.42. The first-order chi connectivity index (χ1) is 13.4. The van der Waals surface area contributed by atoms with Gasteiger partial charge in [-0.05, 0) is 77.0 Å². The van der Waals surface area contributed by atoms with Crippen LogP contribution in [0.25, 0.3) is 0 Å². The fourth-order valence-corrected chi connectivity index (χ4v) is 3.67. The predicted molar refractivity (Wildman–Crippen MR) is 103 cm³/mol. The van der Waals surface area contributed by atoms with Crippen LogP contribution in [0, 0.1) is 0 Å². The van der Waals surface area contributed by atoms with E-state index in [2.05, 4.69) is 0 Å². The van der Waals surface area contributed by atoms with Crippen LogP contribution in [0.4, 0.5) is 0 Å². The SMILES string of the molecule is OC(O)CCCC(O)(CCCC(O)O)CC(O)(CCCC(O)O)CCCC(O)O. The van der Waals surface area contributed by atoms with E-state index in [0.717, 1.165) is 0 Å². The van der Waals surface area contributed by atoms with Crippen molar-refractivity contribution in [3.8, 4) is 0 Å². The molecule has 10 nitrogen and oxygen atoms in total. The highest BCUT2D eigenvalue weighted by Crippen LogP contribution is 2.36. The van der Waals surface area contributed by atoms with Gasteiger partial charge in [0, 0.05) is 6.42 Å². The molecule has 0 aromatic carbocycles. The van der Waals surface area contributed by atoms with Crippen LogP contribution in [0.2, 0.25) is 0 Å². The van der Waals surface area contributed by atoms with Crippen molar-refractivity contribution in [2.75, 3.05) is 0 Å². The predicted octanol–water partition coefficient (Wildman–Crippen LogP) is -1.24. The molecule has 0 aliphatic rings. The van der Waals surface area contributed by atoms with Gasteiger partial charge in [0.05, 0.1) is 11.2 Å². The van der Waals surface area contributed by atoms with E-state index in [4.69, 9.17) is 40.9 Å². The van der Waals surface area contributed by atoms with Gasteiger partial charge in [0.1, 0.15) is 0 Å². The van der Waals surface area contributed by atoms with E-state index in [-0.39, 0.29) is 83.5 Å². The van der Waals surface area contributed by atoms with Crippen molar-refractivity contribution in [1.82, 2.24) is 0 Å². The molecular formula is C19H40O10. The molecule has 10 heteroatoms. The zero-order valence-electron chi connectivity index (χ0n) is 17.0. The summed E-state index contributed by atoms with van der Waals surface area (Å²) in [4.78, 5) is 0. The van der Waals surface area contributed by atoms with Crippen LogP contribution in [0.5, 0.6) is 0 Å². The second-order valence-corrected chi connectivity index (χ2v) is 8.12. The number of aliphatic hydroxyl groups is 10. The summed E-state index contributed by atoms with van der Waals surface area (Å²) in [5.41, 5.74) is -2.82. The minimum Gasteiger partial charge on any atom is -0.390 e. The molecule has 0 aromatic heterocycles. The second kappa shape index (κ2) is 14.6. The lowest BCUT2D eigenvalue weighted by molar-refractivity contribution is -0.0998. The Labute approximate surface area is 171 Å². The van der Waals surface area contributed by atoms with Crippen LogP contribution >= 0.6 is 0 Å². The van der Waals surface area contributed by atoms with E-state index in [0.29, 0.717) is 0 Å². The molecule has 0 heterocycles. The average Bonchev–Trinajstić information content (AvgIpc) is 2.52. The maximum Gasteiger partial charge on any atom is 0.151 e. The minimum absolute atomic E-state index is 0.0385. The van der Waals surface area contributed by atoms with Crippen LogP contribution in [-0.4, -0.2) is 87.4 Å². The van der Waals surface area contributed by atoms with Crippen molar-refractivity contribution in [3.05, 3.63) is 0 Å². The Balaban J connectivity index is 5.15. The number of rotatable bonds is 18. The van der Waals surface area contributed by atoms with Gasteiger partial charge in [-0.1, -0.05) is 0 Å². The van der Waals surface area contributed by atoms with Crippen molar-refractivity contribution in [2.24, 2.45) is 0 Å². The van der Waals surface area contributed by atoms with Crippen LogP contribution in [0.3, 0.4) is 0 Å². The highest BCUT2D eigenvalue weighted by atomic mass is 16.5. The third-order valence-corrected chi connectivity index (χ3v) is 5.08. The second-order valence-electron chi connectivity index (χ2n) is 8.12. The third-order valence-electron chi connectivity index (χ3n) is 5.08. The molecule has 176 valence electrons. The van der Waals surface area contributed by atoms with Crippen molar-refractivity contribution in [2.45, 2.75) is 120 Å². The summed E-state index contributed by atoms with van der Waals surface area (Å²) in [5.74, 6) is 0. The molecule has 0 amide bonds. The van der Waals surface area contributed by atoms with E-state index in [1.807, 2.05) is 0 Å². The summed E-state index contributed by atoms with van der Waals surface area (Å²) in [6, 6.07) is 0. The molecule has 0 unspecified atom stereocenters. The van der Waals surface area contributed by atoms with Gasteiger partial charge in [-0.3, -0.25) is 0 Å². The van der Waals surface area contributed by atoms with Crippen molar-refractivity contribution >= 4 is 0 Å². The van der Waals surface area contributed by atoms with Gasteiger partial charge in [0.15, 0.2) is 25.2 Å². The fourth-order valence-electron chi connectivity index (χ4n) is 3.67. The van der Waals surface area contributed by atoms with Crippen LogP contribution < -0.4 is 0 Å². The van der Waals surface area contributed by atoms with Crippen LogP contribution in [0.15, 0.2) is 0 Å². The molecule has 0 aliphatic carbocycles. The molecule has 0 saturated carbocycles. The summed E-state index contributed by atoms with van der Waals surface area (Å²) < 4.78 is 0. The lowest BCUT2D eigenvalue weighted by Gasteiger charge is -2.38. The van der Waals surface area contributed by atoms with Gasteiger partial charge in [0.2, 0.25) is 0 Å². The first kappa shape index (κ1) is 28.6. The van der Waals surface area contributed by atoms with Gasteiger partial charge in [-0.25, -0.2) is 0 Å². The molecule has 0 aliphatic heterocycles. The Hall–Kier alpha value is -0.400. The minimum atomic E-state index is -1.52. The van der Waals surface area contributed by atoms with Gasteiger partial charge in [-0.15, -0.1) is 0 Å². The normalized spacial score (nSPS) is 13.4. The monoisotopic (exact) mass is 428 g/mol. The maximum atomic E-state index is 11.1. The first-order valence-corrected chi connectivity index (χ1v) is 10.3. The van der Waals surface area contributed by atoms with Crippen LogP contribution in [-0.2, 0) is 0 Å². The lowest BCUT2D eigenvalue weighted by atomic mass is 9.76. The van der Waals surface area contributed by atoms with Crippen molar-refractivity contribution in [3.63, 3.8) is 0 Å². The van der Waals surface area contributed by atoms with E-state index < -0.39 is 36.4 Å². The molecule has 0 fully saturated rings. The fraction of sp³-hybridized carbons (Fsp3) is 1.00. The Morgan fingerprint density at radius 1 is 0.414 bits per heavy atom. The van der Waals surface area contributed by atoms with Gasteiger partial charge in [-0.2, -0.15) is 0 Å². The van der Waals surface area contributed by atoms with Crippen LogP contribution in [0.1, 0.15) is 83.5 Å². The summed E-state index contributed by atoms with van der Waals surface area (Å²) in [5, 5.41) is 94.5. The average molecular weight is 429 g/mol. The smallest absolute Gasteiger partial charge is 0.151 e. The van der Waals surface area contributed by atoms with Gasteiger partial charge < -0.3 is 51.1 Å². The standard InChI is InChI=1S/C19H40O10/c20-14(21)5-1-9-18(28,10-2-6-15(22)23)13-19(29,11-3-7-16(24)25)12-4-8-17(26)27/h14-17,20-29H,1-13H2. The van der Waals surface area contributed by atoms with Gasteiger partial charge >= 0.3 is 0 Å². The Kier molecular flexibility index (Phi) is 14.4. The number of aliphatic hydroxyl groups excluding tert-OH is 4. The largest absolute Gasteiger partial charge is 0.390 e. The molecule has 0 bridgehead atoms. The highest BCUT2D eigenvalue weighted by Gasteiger charge is 2.38. The third kappa shape index (κ3) is 16.0.